The van der Waals surface area contributed by atoms with Crippen molar-refractivity contribution in [1.82, 2.24) is 25.3 Å². The molecule has 0 aliphatic carbocycles. The molecule has 2 aromatic heterocycles. The number of hydrogen-bond donors (Lipinski definition) is 5. The fourth-order valence-corrected chi connectivity index (χ4v) is 4.33. The SMILES string of the molecule is COC(=O)CC[C@H](NC(=O)c1ccc(N(Cc2ccc(B(O)O)cc2)Cc2cnc3nc(N)nc(N)c3n2)cc1)C(=O)OC. The van der Waals surface area contributed by atoms with Crippen molar-refractivity contribution >= 4 is 59.0 Å². The molecule has 16 heteroatoms. The van der Waals surface area contributed by atoms with Gasteiger partial charge in [-0.2, -0.15) is 9.97 Å². The second-order valence-electron chi connectivity index (χ2n) is 9.68. The van der Waals surface area contributed by atoms with Gasteiger partial charge in [0.1, 0.15) is 6.04 Å². The lowest BCUT2D eigenvalue weighted by Crippen LogP contribution is -2.41. The Balaban J connectivity index is 1.58. The molecule has 1 amide bonds. The summed E-state index contributed by atoms with van der Waals surface area (Å²) in [6.07, 6.45) is 1.49. The first-order chi connectivity index (χ1) is 21.1. The lowest BCUT2D eigenvalue weighted by atomic mass is 9.80. The quantitative estimate of drug-likeness (QED) is 0.104. The van der Waals surface area contributed by atoms with E-state index in [0.717, 1.165) is 5.56 Å². The van der Waals surface area contributed by atoms with Crippen molar-refractivity contribution in [2.45, 2.75) is 32.0 Å². The van der Waals surface area contributed by atoms with Crippen LogP contribution in [0.25, 0.3) is 11.2 Å². The highest BCUT2D eigenvalue weighted by Gasteiger charge is 2.24. The number of aromatic nitrogens is 4. The fourth-order valence-electron chi connectivity index (χ4n) is 4.33. The number of anilines is 3. The van der Waals surface area contributed by atoms with E-state index in [1.54, 1.807) is 54.7 Å². The lowest BCUT2D eigenvalue weighted by Gasteiger charge is -2.25. The van der Waals surface area contributed by atoms with Crippen LogP contribution in [0.15, 0.2) is 54.7 Å². The monoisotopic (exact) mass is 602 g/mol. The Morgan fingerprint density at radius 3 is 2.30 bits per heavy atom. The maximum Gasteiger partial charge on any atom is 0.488 e. The second kappa shape index (κ2) is 14.2. The van der Waals surface area contributed by atoms with Gasteiger partial charge in [-0.25, -0.2) is 14.8 Å². The number of methoxy groups -OCH3 is 2. The average molecular weight is 602 g/mol. The first kappa shape index (κ1) is 31.6. The Kier molecular flexibility index (Phi) is 10.2. The molecule has 0 aliphatic rings. The van der Waals surface area contributed by atoms with Gasteiger partial charge in [0.05, 0.1) is 32.7 Å². The second-order valence-corrected chi connectivity index (χ2v) is 9.68. The molecule has 2 aromatic carbocycles. The average Bonchev–Trinajstić information content (AvgIpc) is 3.02. The number of benzene rings is 2. The van der Waals surface area contributed by atoms with Crippen LogP contribution < -0.4 is 27.1 Å². The van der Waals surface area contributed by atoms with Gasteiger partial charge in [-0.3, -0.25) is 9.59 Å². The maximum absolute atomic E-state index is 13.0. The minimum absolute atomic E-state index is 0.0119. The van der Waals surface area contributed by atoms with Crippen molar-refractivity contribution in [3.63, 3.8) is 0 Å². The number of carbonyl (C=O) groups excluding carboxylic acids is 3. The number of fused-ring (bicyclic) bond motifs is 1. The summed E-state index contributed by atoms with van der Waals surface area (Å²) in [6, 6.07) is 12.4. The van der Waals surface area contributed by atoms with Crippen LogP contribution in [-0.2, 0) is 32.2 Å². The van der Waals surface area contributed by atoms with Gasteiger partial charge in [0.2, 0.25) is 5.95 Å². The van der Waals surface area contributed by atoms with E-state index in [1.165, 1.54) is 14.2 Å². The third-order valence-electron chi connectivity index (χ3n) is 6.66. The van der Waals surface area contributed by atoms with Crippen molar-refractivity contribution in [3.8, 4) is 0 Å². The number of esters is 2. The van der Waals surface area contributed by atoms with Crippen LogP contribution in [0.5, 0.6) is 0 Å². The highest BCUT2D eigenvalue weighted by Crippen LogP contribution is 2.22. The summed E-state index contributed by atoms with van der Waals surface area (Å²) < 4.78 is 9.38. The topological polar surface area (TPSA) is 229 Å². The molecule has 0 bridgehead atoms. The maximum atomic E-state index is 13.0. The van der Waals surface area contributed by atoms with Crippen LogP contribution in [0.4, 0.5) is 17.5 Å². The zero-order chi connectivity index (χ0) is 31.8. The number of rotatable bonds is 12. The highest BCUT2D eigenvalue weighted by atomic mass is 16.5. The molecule has 0 unspecified atom stereocenters. The van der Waals surface area contributed by atoms with E-state index in [2.05, 4.69) is 30.0 Å². The van der Waals surface area contributed by atoms with Crippen LogP contribution in [0.2, 0.25) is 0 Å². The zero-order valence-electron chi connectivity index (χ0n) is 24.0. The van der Waals surface area contributed by atoms with E-state index in [0.29, 0.717) is 28.9 Å². The fraction of sp³-hybridized carbons (Fsp3) is 0.250. The number of nitrogens with two attached hydrogens (primary N) is 2. The van der Waals surface area contributed by atoms with Gasteiger partial charge in [-0.05, 0) is 41.7 Å². The first-order valence-electron chi connectivity index (χ1n) is 13.4. The molecule has 228 valence electrons. The summed E-state index contributed by atoms with van der Waals surface area (Å²) in [4.78, 5) is 55.6. The van der Waals surface area contributed by atoms with Gasteiger partial charge in [-0.1, -0.05) is 24.3 Å². The van der Waals surface area contributed by atoms with Crippen molar-refractivity contribution in [2.75, 3.05) is 30.6 Å². The number of nitrogen functional groups attached to an aromatic ring is 2. The number of ether oxygens (including phenoxy) is 2. The smallest absolute Gasteiger partial charge is 0.469 e. The summed E-state index contributed by atoms with van der Waals surface area (Å²) in [5, 5.41) is 21.5. The van der Waals surface area contributed by atoms with E-state index >= 15 is 0 Å². The minimum atomic E-state index is -1.59. The van der Waals surface area contributed by atoms with Gasteiger partial charge in [0, 0.05) is 24.2 Å². The van der Waals surface area contributed by atoms with E-state index in [-0.39, 0.29) is 42.4 Å². The van der Waals surface area contributed by atoms with Crippen molar-refractivity contribution in [1.29, 1.82) is 0 Å². The highest BCUT2D eigenvalue weighted by molar-refractivity contribution is 6.58. The van der Waals surface area contributed by atoms with Crippen molar-refractivity contribution in [2.24, 2.45) is 0 Å². The molecular formula is C28H31BN8O7. The summed E-state index contributed by atoms with van der Waals surface area (Å²) >= 11 is 0. The van der Waals surface area contributed by atoms with Crippen LogP contribution in [0.1, 0.15) is 34.5 Å². The molecule has 1 atom stereocenters. The molecule has 2 heterocycles. The van der Waals surface area contributed by atoms with Gasteiger partial charge in [0.25, 0.3) is 5.91 Å². The molecule has 4 rings (SSSR count). The van der Waals surface area contributed by atoms with E-state index in [1.807, 2.05) is 4.90 Å². The number of nitrogens with one attached hydrogen (secondary N) is 1. The largest absolute Gasteiger partial charge is 0.488 e. The van der Waals surface area contributed by atoms with Crippen molar-refractivity contribution in [3.05, 3.63) is 71.5 Å². The Bertz CT molecular complexity index is 1640. The molecule has 15 nitrogen and oxygen atoms in total. The normalized spacial score (nSPS) is 11.5. The number of carbonyl (C=O) groups is 3. The van der Waals surface area contributed by atoms with Crippen molar-refractivity contribution < 1.29 is 33.9 Å². The molecule has 0 aliphatic heterocycles. The van der Waals surface area contributed by atoms with Gasteiger partial charge in [-0.15, -0.1) is 0 Å². The third kappa shape index (κ3) is 7.93. The minimum Gasteiger partial charge on any atom is -0.469 e. The Hall–Kier alpha value is -5.35. The summed E-state index contributed by atoms with van der Waals surface area (Å²) in [7, 11) is 0.840. The number of hydrogen-bond acceptors (Lipinski definition) is 14. The third-order valence-corrected chi connectivity index (χ3v) is 6.66. The first-order valence-corrected chi connectivity index (χ1v) is 13.4. The molecular weight excluding hydrogens is 571 g/mol. The van der Waals surface area contributed by atoms with Crippen LogP contribution in [0, 0.1) is 0 Å². The summed E-state index contributed by atoms with van der Waals surface area (Å²) in [5.41, 5.74) is 15.0. The predicted octanol–water partition coefficient (Wildman–Crippen LogP) is -0.305. The van der Waals surface area contributed by atoms with Crippen LogP contribution >= 0.6 is 0 Å². The van der Waals surface area contributed by atoms with Gasteiger partial charge < -0.3 is 41.2 Å². The molecule has 0 saturated carbocycles. The summed E-state index contributed by atoms with van der Waals surface area (Å²) in [5.74, 6) is -1.65. The lowest BCUT2D eigenvalue weighted by molar-refractivity contribution is -0.144. The molecule has 0 fully saturated rings. The van der Waals surface area contributed by atoms with E-state index in [9.17, 15) is 24.4 Å². The zero-order valence-corrected chi connectivity index (χ0v) is 24.0. The molecule has 44 heavy (non-hydrogen) atoms. The number of nitrogens with zero attached hydrogens (tertiary/aromatic N) is 5. The molecule has 4 aromatic rings. The van der Waals surface area contributed by atoms with E-state index < -0.39 is 31.0 Å². The van der Waals surface area contributed by atoms with Crippen LogP contribution in [0.3, 0.4) is 0 Å². The molecule has 7 N–H and O–H groups in total. The Morgan fingerprint density at radius 2 is 1.66 bits per heavy atom. The van der Waals surface area contributed by atoms with Gasteiger partial charge >= 0.3 is 19.1 Å². The van der Waals surface area contributed by atoms with E-state index in [4.69, 9.17) is 16.2 Å². The summed E-state index contributed by atoms with van der Waals surface area (Å²) in [6.45, 7) is 0.638. The molecule has 0 radical (unpaired) electrons. The standard InChI is InChI=1S/C28H31BN8O7/c1-43-22(38)12-11-21(27(40)44-2)34-26(39)17-5-9-20(10-6-17)37(14-16-3-7-18(8-4-16)29(41)42)15-19-13-32-25-23(33-19)24(30)35-28(31)36-25/h3-10,13,21,41-42H,11-12,14-15H2,1-2H3,(H,34,39)(H4,30,31,32,35,36)/t21-/m0/s1. The molecule has 0 spiro atoms. The molecule has 0 saturated heterocycles. The Morgan fingerprint density at radius 1 is 0.955 bits per heavy atom. The van der Waals surface area contributed by atoms with Crippen LogP contribution in [-0.4, -0.2) is 75.2 Å². The van der Waals surface area contributed by atoms with Gasteiger partial charge in [0.15, 0.2) is 17.0 Å². The number of amides is 1. The predicted molar refractivity (Wildman–Crippen MR) is 161 cm³/mol. The Labute approximate surface area is 252 Å².